The molecule has 1 N–H and O–H groups in total. The summed E-state index contributed by atoms with van der Waals surface area (Å²) in [6, 6.07) is 1.96. The number of aryl methyl sites for hydroxylation is 1. The van der Waals surface area contributed by atoms with E-state index in [4.69, 9.17) is 0 Å². The normalized spacial score (nSPS) is 12.3. The van der Waals surface area contributed by atoms with Crippen LogP contribution < -0.4 is 0 Å². The smallest absolute Gasteiger partial charge is 0.137 e. The first kappa shape index (κ1) is 12.5. The molecule has 3 nitrogen and oxygen atoms in total. The number of rotatable bonds is 2. The summed E-state index contributed by atoms with van der Waals surface area (Å²) in [5.74, 6) is 0. The van der Waals surface area contributed by atoms with E-state index in [0.717, 1.165) is 21.8 Å². The van der Waals surface area contributed by atoms with Gasteiger partial charge in [0.2, 0.25) is 0 Å². The summed E-state index contributed by atoms with van der Waals surface area (Å²) >= 11 is 1.77. The monoisotopic (exact) mass is 250 g/mol. The van der Waals surface area contributed by atoms with Crippen LogP contribution in [0.2, 0.25) is 0 Å². The van der Waals surface area contributed by atoms with Gasteiger partial charge in [0.15, 0.2) is 0 Å². The highest BCUT2D eigenvalue weighted by atomic mass is 32.2. The van der Waals surface area contributed by atoms with E-state index < -0.39 is 0 Å². The van der Waals surface area contributed by atoms with E-state index in [1.807, 2.05) is 19.2 Å². The number of fused-ring (bicyclic) bond motifs is 1. The molecule has 2 aromatic rings. The quantitative estimate of drug-likeness (QED) is 0.832. The highest BCUT2D eigenvalue weighted by Crippen LogP contribution is 2.34. The van der Waals surface area contributed by atoms with Gasteiger partial charge in [0.25, 0.3) is 0 Å². The predicted octanol–water partition coefficient (Wildman–Crippen LogP) is 3.03. The fraction of sp³-hybridized carbons (Fsp3) is 0.462. The molecule has 2 rings (SSSR count). The van der Waals surface area contributed by atoms with E-state index in [9.17, 15) is 5.11 Å². The fourth-order valence-corrected chi connectivity index (χ4v) is 2.78. The fourth-order valence-electron chi connectivity index (χ4n) is 1.71. The van der Waals surface area contributed by atoms with E-state index in [0.29, 0.717) is 0 Å². The minimum Gasteiger partial charge on any atom is -0.392 e. The molecule has 4 heteroatoms. The van der Waals surface area contributed by atoms with E-state index in [1.54, 1.807) is 11.8 Å². The first-order valence-corrected chi connectivity index (χ1v) is 6.49. The molecule has 17 heavy (non-hydrogen) atoms. The summed E-state index contributed by atoms with van der Waals surface area (Å²) in [5.41, 5.74) is 2.95. The minimum atomic E-state index is 0.0564. The van der Waals surface area contributed by atoms with Gasteiger partial charge in [0.1, 0.15) is 5.65 Å². The van der Waals surface area contributed by atoms with Crippen molar-refractivity contribution in [1.82, 2.24) is 9.38 Å². The standard InChI is InChI=1S/C13H18N2OS/c1-9-6-14-12-5-10(8-16)11(7-15(9)12)17-13(2,3)4/h5-7,16H,8H2,1-4H3. The van der Waals surface area contributed by atoms with E-state index in [-0.39, 0.29) is 11.4 Å². The Bertz CT molecular complexity index is 540. The Hall–Kier alpha value is -1.00. The molecule has 0 fully saturated rings. The molecule has 92 valence electrons. The number of imidazole rings is 1. The number of thioether (sulfide) groups is 1. The molecule has 0 spiro atoms. The third kappa shape index (κ3) is 2.64. The van der Waals surface area contributed by atoms with E-state index in [1.165, 1.54) is 0 Å². The summed E-state index contributed by atoms with van der Waals surface area (Å²) in [7, 11) is 0. The molecular formula is C13H18N2OS. The second-order valence-electron chi connectivity index (χ2n) is 5.16. The first-order valence-electron chi connectivity index (χ1n) is 5.67. The molecule has 0 unspecified atom stereocenters. The van der Waals surface area contributed by atoms with Crippen LogP contribution in [0.25, 0.3) is 5.65 Å². The van der Waals surface area contributed by atoms with Crippen molar-refractivity contribution in [3.8, 4) is 0 Å². The Morgan fingerprint density at radius 2 is 2.12 bits per heavy atom. The van der Waals surface area contributed by atoms with Crippen LogP contribution in [0, 0.1) is 6.92 Å². The lowest BCUT2D eigenvalue weighted by atomic mass is 10.2. The Morgan fingerprint density at radius 3 is 2.71 bits per heavy atom. The van der Waals surface area contributed by atoms with Gasteiger partial charge in [-0.2, -0.15) is 0 Å². The molecule has 0 aliphatic rings. The van der Waals surface area contributed by atoms with Crippen molar-refractivity contribution in [2.24, 2.45) is 0 Å². The number of hydrogen-bond donors (Lipinski definition) is 1. The van der Waals surface area contributed by atoms with Gasteiger partial charge < -0.3 is 9.51 Å². The van der Waals surface area contributed by atoms with Crippen LogP contribution in [-0.2, 0) is 6.61 Å². The van der Waals surface area contributed by atoms with Crippen molar-refractivity contribution in [3.63, 3.8) is 0 Å². The third-order valence-electron chi connectivity index (χ3n) is 2.46. The molecular weight excluding hydrogens is 232 g/mol. The zero-order valence-corrected chi connectivity index (χ0v) is 11.5. The summed E-state index contributed by atoms with van der Waals surface area (Å²) in [6.45, 7) is 8.60. The van der Waals surface area contributed by atoms with E-state index in [2.05, 4.69) is 36.4 Å². The van der Waals surface area contributed by atoms with Gasteiger partial charge in [-0.15, -0.1) is 11.8 Å². The first-order chi connectivity index (χ1) is 7.90. The van der Waals surface area contributed by atoms with Crippen LogP contribution in [0.1, 0.15) is 32.0 Å². The van der Waals surface area contributed by atoms with Crippen LogP contribution >= 0.6 is 11.8 Å². The Balaban J connectivity index is 2.55. The predicted molar refractivity (Wildman–Crippen MR) is 71.5 cm³/mol. The van der Waals surface area contributed by atoms with Gasteiger partial charge in [0.05, 0.1) is 6.61 Å². The van der Waals surface area contributed by atoms with Gasteiger partial charge in [-0.3, -0.25) is 0 Å². The van der Waals surface area contributed by atoms with Crippen molar-refractivity contribution in [3.05, 3.63) is 29.7 Å². The largest absolute Gasteiger partial charge is 0.392 e. The number of pyridine rings is 1. The van der Waals surface area contributed by atoms with Gasteiger partial charge in [-0.1, -0.05) is 20.8 Å². The molecule has 2 heterocycles. The zero-order chi connectivity index (χ0) is 12.6. The second-order valence-corrected chi connectivity index (χ2v) is 7.03. The molecule has 0 amide bonds. The van der Waals surface area contributed by atoms with Crippen molar-refractivity contribution in [1.29, 1.82) is 0 Å². The average Bonchev–Trinajstić information content (AvgIpc) is 2.57. The second kappa shape index (κ2) is 4.35. The van der Waals surface area contributed by atoms with E-state index >= 15 is 0 Å². The molecule has 0 radical (unpaired) electrons. The van der Waals surface area contributed by atoms with Crippen LogP contribution in [0.5, 0.6) is 0 Å². The highest BCUT2D eigenvalue weighted by molar-refractivity contribution is 8.00. The molecule has 0 atom stereocenters. The van der Waals surface area contributed by atoms with Crippen LogP contribution in [0.3, 0.4) is 0 Å². The summed E-state index contributed by atoms with van der Waals surface area (Å²) in [6.07, 6.45) is 3.92. The minimum absolute atomic E-state index is 0.0564. The molecule has 0 saturated carbocycles. The SMILES string of the molecule is Cc1cnc2cc(CO)c(SC(C)(C)C)cn12. The average molecular weight is 250 g/mol. The third-order valence-corrected chi connectivity index (χ3v) is 3.66. The maximum atomic E-state index is 9.43. The lowest BCUT2D eigenvalue weighted by molar-refractivity contribution is 0.279. The van der Waals surface area contributed by atoms with Gasteiger partial charge in [0, 0.05) is 27.7 Å². The molecule has 0 bridgehead atoms. The lowest BCUT2D eigenvalue weighted by Crippen LogP contribution is -2.08. The maximum absolute atomic E-state index is 9.43. The van der Waals surface area contributed by atoms with Crippen LogP contribution in [0.15, 0.2) is 23.4 Å². The van der Waals surface area contributed by atoms with Gasteiger partial charge >= 0.3 is 0 Å². The van der Waals surface area contributed by atoms with Gasteiger partial charge in [-0.25, -0.2) is 4.98 Å². The summed E-state index contributed by atoms with van der Waals surface area (Å²) in [5, 5.41) is 9.43. The van der Waals surface area contributed by atoms with Crippen molar-refractivity contribution in [2.45, 2.75) is 43.9 Å². The summed E-state index contributed by atoms with van der Waals surface area (Å²) in [4.78, 5) is 5.43. The Labute approximate surface area is 106 Å². The topological polar surface area (TPSA) is 37.5 Å². The maximum Gasteiger partial charge on any atom is 0.137 e. The number of aromatic nitrogens is 2. The van der Waals surface area contributed by atoms with Crippen molar-refractivity contribution < 1.29 is 5.11 Å². The van der Waals surface area contributed by atoms with Crippen LogP contribution in [-0.4, -0.2) is 19.2 Å². The molecule has 0 aromatic carbocycles. The molecule has 2 aromatic heterocycles. The number of aliphatic hydroxyl groups excluding tert-OH is 1. The van der Waals surface area contributed by atoms with Crippen LogP contribution in [0.4, 0.5) is 0 Å². The Kier molecular flexibility index (Phi) is 3.19. The summed E-state index contributed by atoms with van der Waals surface area (Å²) < 4.78 is 2.19. The number of hydrogen-bond acceptors (Lipinski definition) is 3. The van der Waals surface area contributed by atoms with Crippen molar-refractivity contribution in [2.75, 3.05) is 0 Å². The van der Waals surface area contributed by atoms with Crippen molar-refractivity contribution >= 4 is 17.4 Å². The molecule has 0 aliphatic heterocycles. The number of aliphatic hydroxyl groups is 1. The zero-order valence-electron chi connectivity index (χ0n) is 10.7. The Morgan fingerprint density at radius 1 is 1.41 bits per heavy atom. The molecule has 0 aliphatic carbocycles. The molecule has 0 saturated heterocycles. The lowest BCUT2D eigenvalue weighted by Gasteiger charge is -2.19. The van der Waals surface area contributed by atoms with Gasteiger partial charge in [-0.05, 0) is 18.6 Å². The number of nitrogens with zero attached hydrogens (tertiary/aromatic N) is 2. The highest BCUT2D eigenvalue weighted by Gasteiger charge is 2.16.